The molecule has 5 nitrogen and oxygen atoms in total. The Morgan fingerprint density at radius 1 is 1.25 bits per heavy atom. The van der Waals surface area contributed by atoms with Gasteiger partial charge in [-0.15, -0.1) is 0 Å². The zero-order valence-corrected chi connectivity index (χ0v) is 12.8. The van der Waals surface area contributed by atoms with Crippen LogP contribution in [0.1, 0.15) is 22.8 Å². The Morgan fingerprint density at radius 2 is 2.04 bits per heavy atom. The number of fused-ring (bicyclic) bond motifs is 1. The largest absolute Gasteiger partial charge is 0.387 e. The molecular formula is C17H16F2N2O3. The van der Waals surface area contributed by atoms with Crippen LogP contribution in [0, 0.1) is 21.7 Å². The van der Waals surface area contributed by atoms with Crippen LogP contribution < -0.4 is 0 Å². The summed E-state index contributed by atoms with van der Waals surface area (Å²) in [6, 6.07) is 8.30. The third-order valence-corrected chi connectivity index (χ3v) is 4.28. The molecule has 3 rings (SSSR count). The summed E-state index contributed by atoms with van der Waals surface area (Å²) in [5.74, 6) is -1.95. The molecule has 1 aliphatic rings. The van der Waals surface area contributed by atoms with Crippen molar-refractivity contribution in [1.29, 1.82) is 0 Å². The minimum absolute atomic E-state index is 0.119. The molecule has 0 spiro atoms. The van der Waals surface area contributed by atoms with Gasteiger partial charge in [0.15, 0.2) is 11.6 Å². The van der Waals surface area contributed by atoms with E-state index >= 15 is 0 Å². The number of nitro benzene ring substituents is 1. The van der Waals surface area contributed by atoms with E-state index in [1.165, 1.54) is 12.1 Å². The van der Waals surface area contributed by atoms with Gasteiger partial charge < -0.3 is 5.11 Å². The molecule has 0 bridgehead atoms. The fourth-order valence-corrected chi connectivity index (χ4v) is 3.04. The lowest BCUT2D eigenvalue weighted by atomic mass is 9.97. The van der Waals surface area contributed by atoms with Gasteiger partial charge in [0.25, 0.3) is 5.69 Å². The lowest BCUT2D eigenvalue weighted by Crippen LogP contribution is -2.34. The van der Waals surface area contributed by atoms with Crippen LogP contribution in [0.15, 0.2) is 36.4 Å². The van der Waals surface area contributed by atoms with E-state index in [1.54, 1.807) is 6.07 Å². The number of hydrogen-bond acceptors (Lipinski definition) is 4. The lowest BCUT2D eigenvalue weighted by molar-refractivity contribution is -0.385. The normalized spacial score (nSPS) is 15.8. The van der Waals surface area contributed by atoms with Gasteiger partial charge in [0.1, 0.15) is 0 Å². The summed E-state index contributed by atoms with van der Waals surface area (Å²) < 4.78 is 26.2. The van der Waals surface area contributed by atoms with E-state index < -0.39 is 17.7 Å². The summed E-state index contributed by atoms with van der Waals surface area (Å²) in [5, 5.41) is 21.3. The van der Waals surface area contributed by atoms with Crippen LogP contribution in [0.4, 0.5) is 14.5 Å². The highest BCUT2D eigenvalue weighted by molar-refractivity contribution is 5.46. The summed E-state index contributed by atoms with van der Waals surface area (Å²) in [4.78, 5) is 12.6. The van der Waals surface area contributed by atoms with Crippen molar-refractivity contribution in [2.75, 3.05) is 13.1 Å². The molecule has 0 fully saturated rings. The quantitative estimate of drug-likeness (QED) is 0.689. The Hall–Kier alpha value is -2.38. The number of benzene rings is 2. The molecule has 24 heavy (non-hydrogen) atoms. The first-order chi connectivity index (χ1) is 11.5. The predicted octanol–water partition coefficient (Wildman–Crippen LogP) is 2.96. The van der Waals surface area contributed by atoms with Crippen molar-refractivity contribution in [2.45, 2.75) is 19.1 Å². The highest BCUT2D eigenvalue weighted by atomic mass is 19.2. The number of nitro groups is 1. The molecule has 126 valence electrons. The molecule has 1 aliphatic heterocycles. The first-order valence-electron chi connectivity index (χ1n) is 7.56. The van der Waals surface area contributed by atoms with Crippen molar-refractivity contribution in [3.63, 3.8) is 0 Å². The average molecular weight is 334 g/mol. The van der Waals surface area contributed by atoms with Gasteiger partial charge in [0.2, 0.25) is 0 Å². The zero-order chi connectivity index (χ0) is 17.3. The predicted molar refractivity (Wildman–Crippen MR) is 83.4 cm³/mol. The molecule has 0 aliphatic carbocycles. The van der Waals surface area contributed by atoms with E-state index in [1.807, 2.05) is 11.0 Å². The second-order valence-corrected chi connectivity index (χ2v) is 5.85. The molecular weight excluding hydrogens is 318 g/mol. The van der Waals surface area contributed by atoms with Crippen LogP contribution >= 0.6 is 0 Å². The second-order valence-electron chi connectivity index (χ2n) is 5.85. The molecule has 0 amide bonds. The molecule has 0 aromatic heterocycles. The third kappa shape index (κ3) is 3.27. The number of aliphatic hydroxyl groups is 1. The number of nitrogens with zero attached hydrogens (tertiary/aromatic N) is 2. The van der Waals surface area contributed by atoms with Crippen LogP contribution in [-0.2, 0) is 13.0 Å². The number of rotatable bonds is 4. The first-order valence-corrected chi connectivity index (χ1v) is 7.56. The van der Waals surface area contributed by atoms with E-state index in [2.05, 4.69) is 0 Å². The fourth-order valence-electron chi connectivity index (χ4n) is 3.04. The van der Waals surface area contributed by atoms with Gasteiger partial charge in [-0.3, -0.25) is 15.0 Å². The van der Waals surface area contributed by atoms with Crippen LogP contribution in [0.3, 0.4) is 0 Å². The van der Waals surface area contributed by atoms with Crippen molar-refractivity contribution in [2.24, 2.45) is 0 Å². The molecule has 0 radical (unpaired) electrons. The molecule has 0 saturated carbocycles. The van der Waals surface area contributed by atoms with Crippen molar-refractivity contribution >= 4 is 5.69 Å². The molecule has 1 atom stereocenters. The summed E-state index contributed by atoms with van der Waals surface area (Å²) in [6.45, 7) is 1.27. The van der Waals surface area contributed by atoms with Gasteiger partial charge in [-0.2, -0.15) is 0 Å². The number of hydrogen-bond donors (Lipinski definition) is 1. The average Bonchev–Trinajstić information content (AvgIpc) is 2.56. The number of β-amino-alcohol motifs (C(OH)–C–C–N with tert-alkyl or cyclic N) is 1. The second kappa shape index (κ2) is 6.62. The Bertz CT molecular complexity index is 782. The summed E-state index contributed by atoms with van der Waals surface area (Å²) in [7, 11) is 0. The van der Waals surface area contributed by atoms with E-state index in [0.717, 1.165) is 23.3 Å². The fraction of sp³-hybridized carbons (Fsp3) is 0.294. The van der Waals surface area contributed by atoms with Gasteiger partial charge in [-0.1, -0.05) is 18.2 Å². The topological polar surface area (TPSA) is 66.6 Å². The maximum atomic E-state index is 13.3. The van der Waals surface area contributed by atoms with Gasteiger partial charge >= 0.3 is 0 Å². The first kappa shape index (κ1) is 16.5. The van der Waals surface area contributed by atoms with Crippen LogP contribution in [0.25, 0.3) is 0 Å². The Morgan fingerprint density at radius 3 is 2.75 bits per heavy atom. The van der Waals surface area contributed by atoms with Gasteiger partial charge in [0.05, 0.1) is 11.0 Å². The molecule has 2 aromatic rings. The standard InChI is InChI=1S/C17H16F2N2O3/c18-14-5-4-11(8-15(14)19)17(22)10-20-7-6-13-12(9-20)2-1-3-16(13)21(23)24/h1-5,8,17,22H,6-7,9-10H2. The Labute approximate surface area is 137 Å². The van der Waals surface area contributed by atoms with Gasteiger partial charge in [0, 0.05) is 31.3 Å². The van der Waals surface area contributed by atoms with Crippen molar-refractivity contribution in [1.82, 2.24) is 4.90 Å². The van der Waals surface area contributed by atoms with E-state index in [-0.39, 0.29) is 17.2 Å². The smallest absolute Gasteiger partial charge is 0.272 e. The van der Waals surface area contributed by atoms with E-state index in [0.29, 0.717) is 25.1 Å². The van der Waals surface area contributed by atoms with Crippen LogP contribution in [0.5, 0.6) is 0 Å². The zero-order valence-electron chi connectivity index (χ0n) is 12.8. The molecule has 7 heteroatoms. The highest BCUT2D eigenvalue weighted by Gasteiger charge is 2.25. The molecule has 1 N–H and O–H groups in total. The van der Waals surface area contributed by atoms with Crippen molar-refractivity contribution in [3.05, 3.63) is 74.8 Å². The molecule has 0 saturated heterocycles. The number of aliphatic hydroxyl groups excluding tert-OH is 1. The Kier molecular flexibility index (Phi) is 4.55. The van der Waals surface area contributed by atoms with Crippen LogP contribution in [-0.4, -0.2) is 28.0 Å². The summed E-state index contributed by atoms with van der Waals surface area (Å²) in [5.41, 5.74) is 2.00. The van der Waals surface area contributed by atoms with Crippen molar-refractivity contribution in [3.8, 4) is 0 Å². The van der Waals surface area contributed by atoms with E-state index in [9.17, 15) is 24.0 Å². The van der Waals surface area contributed by atoms with Crippen molar-refractivity contribution < 1.29 is 18.8 Å². The lowest BCUT2D eigenvalue weighted by Gasteiger charge is -2.30. The highest BCUT2D eigenvalue weighted by Crippen LogP contribution is 2.28. The summed E-state index contributed by atoms with van der Waals surface area (Å²) >= 11 is 0. The monoisotopic (exact) mass is 334 g/mol. The van der Waals surface area contributed by atoms with Gasteiger partial charge in [-0.25, -0.2) is 8.78 Å². The minimum atomic E-state index is -0.994. The molecule has 1 unspecified atom stereocenters. The maximum Gasteiger partial charge on any atom is 0.272 e. The van der Waals surface area contributed by atoms with E-state index in [4.69, 9.17) is 0 Å². The SMILES string of the molecule is O=[N+]([O-])c1cccc2c1CCN(CC(O)c1ccc(F)c(F)c1)C2. The number of halogens is 2. The molecule has 2 aromatic carbocycles. The molecule has 1 heterocycles. The maximum absolute atomic E-state index is 13.3. The minimum Gasteiger partial charge on any atom is -0.387 e. The Balaban J connectivity index is 1.73. The third-order valence-electron chi connectivity index (χ3n) is 4.28. The summed E-state index contributed by atoms with van der Waals surface area (Å²) in [6.07, 6.45) is -0.447. The van der Waals surface area contributed by atoms with Crippen LogP contribution in [0.2, 0.25) is 0 Å². The van der Waals surface area contributed by atoms with Gasteiger partial charge in [-0.05, 0) is 29.7 Å².